The van der Waals surface area contributed by atoms with Crippen LogP contribution in [0.5, 0.6) is 0 Å². The molecule has 168 valence electrons. The van der Waals surface area contributed by atoms with Crippen LogP contribution < -0.4 is 0 Å². The maximum Gasteiger partial charge on any atom is 0.243 e. The van der Waals surface area contributed by atoms with Gasteiger partial charge in [0.1, 0.15) is 5.82 Å². The number of carbonyl (C=O) groups excluding carboxylic acids is 1. The van der Waals surface area contributed by atoms with Crippen molar-refractivity contribution in [2.24, 2.45) is 23.2 Å². The number of carbonyl (C=O) groups is 1. The van der Waals surface area contributed by atoms with Gasteiger partial charge >= 0.3 is 0 Å². The highest BCUT2D eigenvalue weighted by atomic mass is 32.2. The topological polar surface area (TPSA) is 66.9 Å². The van der Waals surface area contributed by atoms with E-state index in [1.54, 1.807) is 0 Å². The molecule has 2 atom stereocenters. The lowest BCUT2D eigenvalue weighted by molar-refractivity contribution is -0.175. The predicted molar refractivity (Wildman–Crippen MR) is 111 cm³/mol. The molecule has 0 aromatic heterocycles. The lowest BCUT2D eigenvalue weighted by atomic mass is 9.49. The Morgan fingerprint density at radius 3 is 1.94 bits per heavy atom. The number of hydrogen-bond donors (Lipinski definition) is 0. The van der Waals surface area contributed by atoms with Crippen molar-refractivity contribution in [1.29, 1.82) is 0 Å². The zero-order valence-electron chi connectivity index (χ0n) is 17.6. The van der Waals surface area contributed by atoms with E-state index in [2.05, 4.69) is 0 Å². The molecule has 0 N–H and O–H groups in total. The summed E-state index contributed by atoms with van der Waals surface area (Å²) in [7, 11) is -3.71. The highest BCUT2D eigenvalue weighted by Gasteiger charge is 2.56. The molecule has 0 radical (unpaired) electrons. The van der Waals surface area contributed by atoms with E-state index in [9.17, 15) is 17.6 Å². The first-order valence-electron chi connectivity index (χ1n) is 11.5. The van der Waals surface area contributed by atoms with E-state index in [1.807, 2.05) is 4.90 Å². The van der Waals surface area contributed by atoms with E-state index in [4.69, 9.17) is 4.74 Å². The SMILES string of the molecule is O=C(N1CC2CN(S(=O)(=O)c3ccc(F)cc3)CC(C1)O2)C12CC3CC(CC(C3)C1)C2. The summed E-state index contributed by atoms with van der Waals surface area (Å²) in [5, 5.41) is 0. The Morgan fingerprint density at radius 2 is 1.42 bits per heavy atom. The third kappa shape index (κ3) is 3.33. The van der Waals surface area contributed by atoms with Crippen molar-refractivity contribution in [3.63, 3.8) is 0 Å². The minimum absolute atomic E-state index is 0.0929. The first-order valence-corrected chi connectivity index (χ1v) is 13.0. The fraction of sp³-hybridized carbons (Fsp3) is 0.696. The van der Waals surface area contributed by atoms with Crippen molar-refractivity contribution in [1.82, 2.24) is 9.21 Å². The van der Waals surface area contributed by atoms with Crippen LogP contribution in [0.25, 0.3) is 0 Å². The van der Waals surface area contributed by atoms with Gasteiger partial charge < -0.3 is 9.64 Å². The number of morpholine rings is 2. The summed E-state index contributed by atoms with van der Waals surface area (Å²) in [5.74, 6) is 1.97. The maximum absolute atomic E-state index is 13.7. The van der Waals surface area contributed by atoms with Gasteiger partial charge in [0.05, 0.1) is 22.5 Å². The number of halogens is 1. The number of benzene rings is 1. The van der Waals surface area contributed by atoms with Crippen LogP contribution in [0, 0.1) is 29.0 Å². The molecular formula is C23H29FN2O4S. The van der Waals surface area contributed by atoms with Crippen molar-refractivity contribution in [3.8, 4) is 0 Å². The molecule has 2 saturated heterocycles. The molecule has 8 heteroatoms. The Morgan fingerprint density at radius 1 is 0.903 bits per heavy atom. The van der Waals surface area contributed by atoms with E-state index in [1.165, 1.54) is 47.8 Å². The van der Waals surface area contributed by atoms with Crippen molar-refractivity contribution in [2.45, 2.75) is 55.6 Å². The Kier molecular flexibility index (Phi) is 4.54. The molecule has 1 amide bonds. The number of rotatable bonds is 3. The third-order valence-corrected chi connectivity index (χ3v) is 10.1. The number of ether oxygens (including phenoxy) is 1. The average Bonchev–Trinajstić information content (AvgIpc) is 2.72. The van der Waals surface area contributed by atoms with Gasteiger partial charge in [-0.2, -0.15) is 4.31 Å². The van der Waals surface area contributed by atoms with E-state index in [0.29, 0.717) is 36.8 Å². The number of amides is 1. The molecule has 1 aromatic carbocycles. The number of nitrogens with zero attached hydrogens (tertiary/aromatic N) is 2. The molecule has 7 rings (SSSR count). The van der Waals surface area contributed by atoms with Crippen LogP contribution in [-0.4, -0.2) is 61.9 Å². The second-order valence-corrected chi connectivity index (χ2v) is 12.5. The molecule has 2 aliphatic heterocycles. The molecule has 31 heavy (non-hydrogen) atoms. The number of hydrogen-bond acceptors (Lipinski definition) is 4. The fourth-order valence-electron chi connectivity index (χ4n) is 7.48. The minimum atomic E-state index is -3.71. The van der Waals surface area contributed by atoms with Crippen molar-refractivity contribution in [3.05, 3.63) is 30.1 Å². The summed E-state index contributed by atoms with van der Waals surface area (Å²) in [4.78, 5) is 15.8. The van der Waals surface area contributed by atoms with Gasteiger partial charge in [-0.15, -0.1) is 0 Å². The fourth-order valence-corrected chi connectivity index (χ4v) is 8.98. The quantitative estimate of drug-likeness (QED) is 0.713. The van der Waals surface area contributed by atoms with Gasteiger partial charge in [0.15, 0.2) is 0 Å². The standard InChI is InChI=1S/C23H29FN2O4S/c24-18-1-3-21(4-2-18)31(28,29)26-13-19-11-25(12-20(14-26)30-19)22(27)23-8-15-5-16(9-23)7-17(6-15)10-23/h1-4,15-17,19-20H,5-14H2. The molecule has 2 unspecified atom stereocenters. The first-order chi connectivity index (χ1) is 14.8. The molecule has 6 fully saturated rings. The Hall–Kier alpha value is -1.51. The highest BCUT2D eigenvalue weighted by Crippen LogP contribution is 2.60. The van der Waals surface area contributed by atoms with Crippen LogP contribution in [0.2, 0.25) is 0 Å². The third-order valence-electron chi connectivity index (χ3n) is 8.28. The van der Waals surface area contributed by atoms with Crippen LogP contribution in [0.15, 0.2) is 29.2 Å². The largest absolute Gasteiger partial charge is 0.369 e. The zero-order chi connectivity index (χ0) is 21.4. The molecule has 6 nitrogen and oxygen atoms in total. The lowest BCUT2D eigenvalue weighted by Crippen LogP contribution is -2.64. The summed E-state index contributed by atoms with van der Waals surface area (Å²) in [6.07, 6.45) is 6.38. The van der Waals surface area contributed by atoms with Gasteiger partial charge in [-0.3, -0.25) is 4.79 Å². The molecule has 0 spiro atoms. The minimum Gasteiger partial charge on any atom is -0.369 e. The Bertz CT molecular complexity index is 946. The summed E-state index contributed by atoms with van der Waals surface area (Å²) in [5.41, 5.74) is -0.180. The van der Waals surface area contributed by atoms with Gasteiger partial charge in [0.25, 0.3) is 0 Å². The van der Waals surface area contributed by atoms with E-state index in [0.717, 1.165) is 19.3 Å². The van der Waals surface area contributed by atoms with Gasteiger partial charge in [0, 0.05) is 26.2 Å². The second-order valence-electron chi connectivity index (χ2n) is 10.6. The van der Waals surface area contributed by atoms with Crippen molar-refractivity contribution < 1.29 is 22.3 Å². The monoisotopic (exact) mass is 448 g/mol. The predicted octanol–water partition coefficient (Wildman–Crippen LogP) is 2.64. The van der Waals surface area contributed by atoms with Gasteiger partial charge in [-0.25, -0.2) is 12.8 Å². The molecule has 4 aliphatic carbocycles. The van der Waals surface area contributed by atoms with E-state index in [-0.39, 0.29) is 35.6 Å². The average molecular weight is 449 g/mol. The van der Waals surface area contributed by atoms with Crippen LogP contribution in [0.4, 0.5) is 4.39 Å². The van der Waals surface area contributed by atoms with E-state index < -0.39 is 15.8 Å². The molecule has 1 aromatic rings. The zero-order valence-corrected chi connectivity index (χ0v) is 18.4. The Labute approximate surface area is 182 Å². The van der Waals surface area contributed by atoms with Crippen LogP contribution in [0.3, 0.4) is 0 Å². The normalized spacial score (nSPS) is 39.6. The molecule has 6 aliphatic rings. The summed E-state index contributed by atoms with van der Waals surface area (Å²) >= 11 is 0. The summed E-state index contributed by atoms with van der Waals surface area (Å²) in [6.45, 7) is 1.35. The second kappa shape index (κ2) is 6.99. The molecule has 4 saturated carbocycles. The van der Waals surface area contributed by atoms with Gasteiger partial charge in [0.2, 0.25) is 15.9 Å². The van der Waals surface area contributed by atoms with E-state index >= 15 is 0 Å². The van der Waals surface area contributed by atoms with Gasteiger partial charge in [-0.1, -0.05) is 0 Å². The lowest BCUT2D eigenvalue weighted by Gasteiger charge is -2.57. The number of fused-ring (bicyclic) bond motifs is 2. The molecular weight excluding hydrogens is 419 g/mol. The molecule has 2 heterocycles. The van der Waals surface area contributed by atoms with Crippen molar-refractivity contribution >= 4 is 15.9 Å². The maximum atomic E-state index is 13.7. The van der Waals surface area contributed by atoms with Crippen molar-refractivity contribution in [2.75, 3.05) is 26.2 Å². The molecule has 6 bridgehead atoms. The van der Waals surface area contributed by atoms with Crippen LogP contribution >= 0.6 is 0 Å². The Balaban J connectivity index is 1.18. The van der Waals surface area contributed by atoms with Crippen LogP contribution in [-0.2, 0) is 19.6 Å². The first kappa shape index (κ1) is 20.1. The summed E-state index contributed by atoms with van der Waals surface area (Å²) in [6, 6.07) is 4.94. The van der Waals surface area contributed by atoms with Gasteiger partial charge in [-0.05, 0) is 80.5 Å². The van der Waals surface area contributed by atoms with Crippen LogP contribution in [0.1, 0.15) is 38.5 Å². The smallest absolute Gasteiger partial charge is 0.243 e. The highest BCUT2D eigenvalue weighted by molar-refractivity contribution is 7.89. The number of sulfonamides is 1. The summed E-state index contributed by atoms with van der Waals surface area (Å²) < 4.78 is 46.8.